The van der Waals surface area contributed by atoms with Gasteiger partial charge in [-0.3, -0.25) is 5.10 Å². The summed E-state index contributed by atoms with van der Waals surface area (Å²) in [6.45, 7) is 3.88. The highest BCUT2D eigenvalue weighted by Crippen LogP contribution is 2.23. The minimum absolute atomic E-state index is 0.159. The summed E-state index contributed by atoms with van der Waals surface area (Å²) in [7, 11) is 0. The highest BCUT2D eigenvalue weighted by molar-refractivity contribution is 5.58. The Kier molecular flexibility index (Phi) is 3.31. The van der Waals surface area contributed by atoms with Crippen molar-refractivity contribution in [3.8, 4) is 17.1 Å². The second kappa shape index (κ2) is 5.13. The van der Waals surface area contributed by atoms with Gasteiger partial charge in [0.05, 0.1) is 0 Å². The van der Waals surface area contributed by atoms with Crippen LogP contribution in [0.2, 0.25) is 0 Å². The zero-order valence-corrected chi connectivity index (χ0v) is 11.5. The molecule has 1 aromatic carbocycles. The van der Waals surface area contributed by atoms with Gasteiger partial charge in [-0.05, 0) is 24.5 Å². The fourth-order valence-electron chi connectivity index (χ4n) is 2.46. The molecule has 0 bridgehead atoms. The Bertz CT molecular complexity index is 597. The molecule has 6 heteroatoms. The SMILES string of the molecule is CC1CCN(c2n[nH]c(-c3cccc(O)c3)n2)CC1N. The summed E-state index contributed by atoms with van der Waals surface area (Å²) in [5.74, 6) is 2.08. The summed E-state index contributed by atoms with van der Waals surface area (Å²) in [5, 5.41) is 16.7. The Morgan fingerprint density at radius 3 is 3.05 bits per heavy atom. The van der Waals surface area contributed by atoms with Crippen LogP contribution in [0.25, 0.3) is 11.4 Å². The third-order valence-electron chi connectivity index (χ3n) is 3.89. The van der Waals surface area contributed by atoms with Gasteiger partial charge in [0.15, 0.2) is 5.82 Å². The van der Waals surface area contributed by atoms with Gasteiger partial charge in [-0.1, -0.05) is 19.1 Å². The number of nitrogens with zero attached hydrogens (tertiary/aromatic N) is 3. The van der Waals surface area contributed by atoms with Crippen molar-refractivity contribution in [1.29, 1.82) is 0 Å². The van der Waals surface area contributed by atoms with Crippen LogP contribution in [0.1, 0.15) is 13.3 Å². The van der Waals surface area contributed by atoms with E-state index in [0.29, 0.717) is 17.7 Å². The van der Waals surface area contributed by atoms with Crippen LogP contribution in [-0.2, 0) is 0 Å². The fraction of sp³-hybridized carbons (Fsp3) is 0.429. The maximum absolute atomic E-state index is 9.50. The average molecular weight is 273 g/mol. The zero-order valence-electron chi connectivity index (χ0n) is 11.5. The van der Waals surface area contributed by atoms with E-state index in [-0.39, 0.29) is 11.8 Å². The number of nitrogens with two attached hydrogens (primary N) is 1. The molecule has 3 rings (SSSR count). The number of phenolic OH excluding ortho intramolecular Hbond substituents is 1. The topological polar surface area (TPSA) is 91.1 Å². The van der Waals surface area contributed by atoms with Crippen LogP contribution in [-0.4, -0.2) is 39.4 Å². The monoisotopic (exact) mass is 273 g/mol. The van der Waals surface area contributed by atoms with Crippen LogP contribution in [0, 0.1) is 5.92 Å². The molecule has 2 atom stereocenters. The number of benzene rings is 1. The number of rotatable bonds is 2. The van der Waals surface area contributed by atoms with Crippen LogP contribution in [0.4, 0.5) is 5.95 Å². The zero-order chi connectivity index (χ0) is 14.1. The van der Waals surface area contributed by atoms with Gasteiger partial charge in [0, 0.05) is 24.7 Å². The number of H-pyrrole nitrogens is 1. The lowest BCUT2D eigenvalue weighted by Gasteiger charge is -2.34. The lowest BCUT2D eigenvalue weighted by atomic mass is 9.95. The van der Waals surface area contributed by atoms with Gasteiger partial charge in [-0.15, -0.1) is 5.10 Å². The van der Waals surface area contributed by atoms with Gasteiger partial charge in [0.2, 0.25) is 5.95 Å². The molecule has 1 aliphatic heterocycles. The molecule has 1 aliphatic rings. The van der Waals surface area contributed by atoms with Crippen molar-refractivity contribution in [2.45, 2.75) is 19.4 Å². The molecule has 106 valence electrons. The first-order valence-corrected chi connectivity index (χ1v) is 6.86. The van der Waals surface area contributed by atoms with E-state index in [0.717, 1.165) is 25.1 Å². The summed E-state index contributed by atoms with van der Waals surface area (Å²) in [4.78, 5) is 6.60. The van der Waals surface area contributed by atoms with E-state index in [4.69, 9.17) is 5.73 Å². The average Bonchev–Trinajstić information content (AvgIpc) is 2.92. The van der Waals surface area contributed by atoms with Crippen LogP contribution in [0.15, 0.2) is 24.3 Å². The number of piperidine rings is 1. The van der Waals surface area contributed by atoms with E-state index in [1.165, 1.54) is 0 Å². The highest BCUT2D eigenvalue weighted by Gasteiger charge is 2.25. The predicted molar refractivity (Wildman–Crippen MR) is 77.5 cm³/mol. The molecule has 1 aromatic heterocycles. The lowest BCUT2D eigenvalue weighted by molar-refractivity contribution is 0.376. The Morgan fingerprint density at radius 1 is 1.45 bits per heavy atom. The van der Waals surface area contributed by atoms with Crippen molar-refractivity contribution in [3.63, 3.8) is 0 Å². The molecule has 1 fully saturated rings. The second-order valence-electron chi connectivity index (χ2n) is 5.41. The minimum Gasteiger partial charge on any atom is -0.508 e. The molecule has 6 nitrogen and oxygen atoms in total. The maximum Gasteiger partial charge on any atom is 0.245 e. The Balaban J connectivity index is 1.80. The van der Waals surface area contributed by atoms with Crippen molar-refractivity contribution in [2.24, 2.45) is 11.7 Å². The smallest absolute Gasteiger partial charge is 0.245 e. The third-order valence-corrected chi connectivity index (χ3v) is 3.89. The first kappa shape index (κ1) is 12.9. The molecule has 0 radical (unpaired) electrons. The number of hydrogen-bond acceptors (Lipinski definition) is 5. The summed E-state index contributed by atoms with van der Waals surface area (Å²) in [6, 6.07) is 7.12. The maximum atomic E-state index is 9.50. The van der Waals surface area contributed by atoms with Crippen molar-refractivity contribution in [2.75, 3.05) is 18.0 Å². The van der Waals surface area contributed by atoms with E-state index in [9.17, 15) is 5.11 Å². The van der Waals surface area contributed by atoms with Crippen molar-refractivity contribution >= 4 is 5.95 Å². The van der Waals surface area contributed by atoms with Crippen LogP contribution >= 0.6 is 0 Å². The van der Waals surface area contributed by atoms with Gasteiger partial charge in [-0.2, -0.15) is 4.98 Å². The number of aromatic nitrogens is 3. The van der Waals surface area contributed by atoms with Crippen LogP contribution < -0.4 is 10.6 Å². The summed E-state index contributed by atoms with van der Waals surface area (Å²) in [5.41, 5.74) is 6.92. The van der Waals surface area contributed by atoms with Gasteiger partial charge < -0.3 is 15.7 Å². The number of anilines is 1. The van der Waals surface area contributed by atoms with Crippen LogP contribution in [0.5, 0.6) is 5.75 Å². The van der Waals surface area contributed by atoms with Crippen molar-refractivity contribution in [3.05, 3.63) is 24.3 Å². The van der Waals surface area contributed by atoms with Gasteiger partial charge in [0.25, 0.3) is 0 Å². The van der Waals surface area contributed by atoms with Crippen molar-refractivity contribution < 1.29 is 5.11 Å². The van der Waals surface area contributed by atoms with E-state index in [1.54, 1.807) is 18.2 Å². The number of aromatic amines is 1. The summed E-state index contributed by atoms with van der Waals surface area (Å²) >= 11 is 0. The first-order chi connectivity index (χ1) is 9.63. The molecule has 2 heterocycles. The summed E-state index contributed by atoms with van der Waals surface area (Å²) < 4.78 is 0. The summed E-state index contributed by atoms with van der Waals surface area (Å²) in [6.07, 6.45) is 1.05. The number of aromatic hydroxyl groups is 1. The minimum atomic E-state index is 0.159. The number of hydrogen-bond donors (Lipinski definition) is 3. The predicted octanol–water partition coefficient (Wildman–Crippen LogP) is 1.35. The Hall–Kier alpha value is -2.08. The highest BCUT2D eigenvalue weighted by atomic mass is 16.3. The second-order valence-corrected chi connectivity index (χ2v) is 5.41. The molecule has 0 spiro atoms. The molecule has 20 heavy (non-hydrogen) atoms. The molecule has 2 unspecified atom stereocenters. The largest absolute Gasteiger partial charge is 0.508 e. The quantitative estimate of drug-likeness (QED) is 0.768. The van der Waals surface area contributed by atoms with E-state index in [2.05, 4.69) is 27.0 Å². The molecular weight excluding hydrogens is 254 g/mol. The Morgan fingerprint density at radius 2 is 2.30 bits per heavy atom. The molecule has 4 N–H and O–H groups in total. The van der Waals surface area contributed by atoms with E-state index >= 15 is 0 Å². The number of nitrogens with one attached hydrogen (secondary N) is 1. The molecule has 0 saturated carbocycles. The Labute approximate surface area is 117 Å². The van der Waals surface area contributed by atoms with E-state index < -0.39 is 0 Å². The molecule has 0 amide bonds. The standard InChI is InChI=1S/C14H19N5O/c1-9-5-6-19(8-12(9)15)14-16-13(17-18-14)10-3-2-4-11(20)7-10/h2-4,7,9,12,20H,5-6,8,15H2,1H3,(H,16,17,18). The van der Waals surface area contributed by atoms with Gasteiger partial charge in [0.1, 0.15) is 5.75 Å². The molecule has 0 aliphatic carbocycles. The van der Waals surface area contributed by atoms with E-state index in [1.807, 2.05) is 6.07 Å². The van der Waals surface area contributed by atoms with Crippen molar-refractivity contribution in [1.82, 2.24) is 15.2 Å². The third kappa shape index (κ3) is 2.46. The molecule has 2 aromatic rings. The fourth-order valence-corrected chi connectivity index (χ4v) is 2.46. The van der Waals surface area contributed by atoms with Crippen LogP contribution in [0.3, 0.4) is 0 Å². The lowest BCUT2D eigenvalue weighted by Crippen LogP contribution is -2.48. The molecular formula is C14H19N5O. The first-order valence-electron chi connectivity index (χ1n) is 6.86. The normalized spacial score (nSPS) is 23.0. The number of phenols is 1. The molecule has 1 saturated heterocycles. The van der Waals surface area contributed by atoms with Gasteiger partial charge >= 0.3 is 0 Å². The van der Waals surface area contributed by atoms with Gasteiger partial charge in [-0.25, -0.2) is 0 Å².